The zero-order valence-corrected chi connectivity index (χ0v) is 16.5. The molecule has 3 nitrogen and oxygen atoms in total. The molecule has 4 heteroatoms. The van der Waals surface area contributed by atoms with Crippen LogP contribution < -0.4 is 5.32 Å². The summed E-state index contributed by atoms with van der Waals surface area (Å²) < 4.78 is 1.80. The Bertz CT molecular complexity index is 988. The first-order chi connectivity index (χ1) is 13.7. The molecule has 0 fully saturated rings. The monoisotopic (exact) mass is 387 g/mol. The fourth-order valence-electron chi connectivity index (χ4n) is 3.40. The molecule has 0 aliphatic carbocycles. The molecule has 0 atom stereocenters. The molecule has 0 spiro atoms. The molecule has 0 saturated heterocycles. The van der Waals surface area contributed by atoms with Crippen LogP contribution in [-0.4, -0.2) is 9.78 Å². The predicted molar refractivity (Wildman–Crippen MR) is 115 cm³/mol. The van der Waals surface area contributed by atoms with Crippen molar-refractivity contribution in [2.24, 2.45) is 0 Å². The molecule has 0 saturated carbocycles. The zero-order valence-electron chi connectivity index (χ0n) is 15.7. The van der Waals surface area contributed by atoms with Crippen LogP contribution in [0.3, 0.4) is 0 Å². The number of nitrogens with zero attached hydrogens (tertiary/aromatic N) is 2. The molecule has 0 radical (unpaired) electrons. The quantitative estimate of drug-likeness (QED) is 0.459. The number of para-hydroxylation sites is 1. The highest BCUT2D eigenvalue weighted by Crippen LogP contribution is 2.26. The van der Waals surface area contributed by atoms with E-state index in [1.165, 1.54) is 11.1 Å². The van der Waals surface area contributed by atoms with E-state index in [2.05, 4.69) is 58.9 Å². The molecule has 0 bridgehead atoms. The molecule has 1 N–H and O–H groups in total. The van der Waals surface area contributed by atoms with E-state index < -0.39 is 0 Å². The highest BCUT2D eigenvalue weighted by Gasteiger charge is 2.18. The Morgan fingerprint density at radius 1 is 0.821 bits per heavy atom. The maximum atomic E-state index is 6.70. The van der Waals surface area contributed by atoms with Crippen molar-refractivity contribution < 1.29 is 0 Å². The molecular formula is C24H22ClN3. The molecule has 1 aromatic heterocycles. The Balaban J connectivity index is 1.62. The number of benzene rings is 3. The van der Waals surface area contributed by atoms with E-state index >= 15 is 0 Å². The molecule has 3 aromatic carbocycles. The van der Waals surface area contributed by atoms with Crippen molar-refractivity contribution in [3.05, 3.63) is 119 Å². The third-order valence-electron chi connectivity index (χ3n) is 4.87. The average molecular weight is 388 g/mol. The van der Waals surface area contributed by atoms with Crippen molar-refractivity contribution in [2.45, 2.75) is 19.5 Å². The van der Waals surface area contributed by atoms with Crippen LogP contribution in [0, 0.1) is 6.92 Å². The number of aromatic nitrogens is 2. The normalized spacial score (nSPS) is 11.1. The van der Waals surface area contributed by atoms with Crippen LogP contribution in [0.15, 0.2) is 91.0 Å². The van der Waals surface area contributed by atoms with E-state index in [1.807, 2.05) is 49.4 Å². The second kappa shape index (κ2) is 8.42. The fraction of sp³-hybridized carbons (Fsp3) is 0.125. The Kier molecular flexibility index (Phi) is 5.56. The SMILES string of the molecule is Cc1nn(-c2ccccc2)c(Cl)c1CNC(c1ccccc1)c1ccccc1. The molecule has 0 unspecified atom stereocenters. The lowest BCUT2D eigenvalue weighted by atomic mass is 9.98. The molecule has 0 aliphatic heterocycles. The van der Waals surface area contributed by atoms with Crippen molar-refractivity contribution in [1.82, 2.24) is 15.1 Å². The summed E-state index contributed by atoms with van der Waals surface area (Å²) >= 11 is 6.70. The van der Waals surface area contributed by atoms with E-state index in [-0.39, 0.29) is 6.04 Å². The third-order valence-corrected chi connectivity index (χ3v) is 5.26. The van der Waals surface area contributed by atoms with Crippen LogP contribution in [0.4, 0.5) is 0 Å². The highest BCUT2D eigenvalue weighted by atomic mass is 35.5. The van der Waals surface area contributed by atoms with Gasteiger partial charge >= 0.3 is 0 Å². The Morgan fingerprint density at radius 2 is 1.32 bits per heavy atom. The lowest BCUT2D eigenvalue weighted by Crippen LogP contribution is -2.22. The van der Waals surface area contributed by atoms with Gasteiger partial charge in [0.05, 0.1) is 17.4 Å². The molecule has 0 aliphatic rings. The second-order valence-corrected chi connectivity index (χ2v) is 7.10. The van der Waals surface area contributed by atoms with E-state index in [4.69, 9.17) is 11.6 Å². The summed E-state index contributed by atoms with van der Waals surface area (Å²) in [6, 6.07) is 31.0. The summed E-state index contributed by atoms with van der Waals surface area (Å²) in [7, 11) is 0. The molecule has 4 aromatic rings. The van der Waals surface area contributed by atoms with Crippen molar-refractivity contribution in [3.63, 3.8) is 0 Å². The summed E-state index contributed by atoms with van der Waals surface area (Å²) in [5, 5.41) is 8.98. The molecule has 28 heavy (non-hydrogen) atoms. The minimum Gasteiger partial charge on any atom is -0.302 e. The van der Waals surface area contributed by atoms with Crippen molar-refractivity contribution >= 4 is 11.6 Å². The first-order valence-corrected chi connectivity index (χ1v) is 9.74. The Labute approximate surface area is 170 Å². The number of hydrogen-bond donors (Lipinski definition) is 1. The van der Waals surface area contributed by atoms with Crippen LogP contribution in [0.1, 0.15) is 28.4 Å². The van der Waals surface area contributed by atoms with Crippen LogP contribution in [0.25, 0.3) is 5.69 Å². The van der Waals surface area contributed by atoms with Crippen molar-refractivity contribution in [1.29, 1.82) is 0 Å². The van der Waals surface area contributed by atoms with Gasteiger partial charge < -0.3 is 5.32 Å². The topological polar surface area (TPSA) is 29.9 Å². The minimum atomic E-state index is 0.0814. The van der Waals surface area contributed by atoms with Crippen molar-refractivity contribution in [2.75, 3.05) is 0 Å². The lowest BCUT2D eigenvalue weighted by Gasteiger charge is -2.20. The molecule has 4 rings (SSSR count). The highest BCUT2D eigenvalue weighted by molar-refractivity contribution is 6.30. The van der Waals surface area contributed by atoms with Gasteiger partial charge in [0, 0.05) is 12.1 Å². The van der Waals surface area contributed by atoms with Crippen LogP contribution in [-0.2, 0) is 6.54 Å². The number of halogens is 1. The van der Waals surface area contributed by atoms with Gasteiger partial charge in [0.1, 0.15) is 5.15 Å². The van der Waals surface area contributed by atoms with Gasteiger partial charge in [-0.05, 0) is 30.2 Å². The second-order valence-electron chi connectivity index (χ2n) is 6.74. The molecule has 1 heterocycles. The lowest BCUT2D eigenvalue weighted by molar-refractivity contribution is 0.604. The molecular weight excluding hydrogens is 366 g/mol. The zero-order chi connectivity index (χ0) is 19.3. The molecule has 140 valence electrons. The van der Waals surface area contributed by atoms with E-state index in [0.717, 1.165) is 16.9 Å². The summed E-state index contributed by atoms with van der Waals surface area (Å²) in [5.74, 6) is 0. The maximum Gasteiger partial charge on any atom is 0.137 e. The van der Waals surface area contributed by atoms with Gasteiger partial charge in [0.2, 0.25) is 0 Å². The first kappa shape index (κ1) is 18.5. The number of aryl methyl sites for hydroxylation is 1. The molecule has 0 amide bonds. The third kappa shape index (κ3) is 3.86. The Morgan fingerprint density at radius 3 is 1.86 bits per heavy atom. The van der Waals surface area contributed by atoms with Gasteiger partial charge in [-0.2, -0.15) is 5.10 Å². The Hall–Kier alpha value is -2.88. The van der Waals surface area contributed by atoms with E-state index in [9.17, 15) is 0 Å². The van der Waals surface area contributed by atoms with Gasteiger partial charge in [-0.25, -0.2) is 4.68 Å². The fourth-order valence-corrected chi connectivity index (χ4v) is 3.73. The summed E-state index contributed by atoms with van der Waals surface area (Å²) in [5.41, 5.74) is 5.35. The summed E-state index contributed by atoms with van der Waals surface area (Å²) in [6.45, 7) is 2.63. The van der Waals surface area contributed by atoms with Gasteiger partial charge in [-0.15, -0.1) is 0 Å². The largest absolute Gasteiger partial charge is 0.302 e. The standard InChI is InChI=1S/C24H22ClN3/c1-18-22(24(25)28(27-18)21-15-9-4-10-16-21)17-26-23(19-11-5-2-6-12-19)20-13-7-3-8-14-20/h2-16,23,26H,17H2,1H3. The number of rotatable bonds is 6. The van der Waals surface area contributed by atoms with Gasteiger partial charge in [0.15, 0.2) is 0 Å². The van der Waals surface area contributed by atoms with E-state index in [0.29, 0.717) is 11.7 Å². The maximum absolute atomic E-state index is 6.70. The minimum absolute atomic E-state index is 0.0814. The summed E-state index contributed by atoms with van der Waals surface area (Å²) in [4.78, 5) is 0. The smallest absolute Gasteiger partial charge is 0.137 e. The first-order valence-electron chi connectivity index (χ1n) is 9.36. The summed E-state index contributed by atoms with van der Waals surface area (Å²) in [6.07, 6.45) is 0. The average Bonchev–Trinajstić information content (AvgIpc) is 3.04. The van der Waals surface area contributed by atoms with Crippen LogP contribution in [0.2, 0.25) is 5.15 Å². The number of hydrogen-bond acceptors (Lipinski definition) is 2. The van der Waals surface area contributed by atoms with E-state index in [1.54, 1.807) is 4.68 Å². The number of nitrogens with one attached hydrogen (secondary N) is 1. The van der Waals surface area contributed by atoms with Gasteiger partial charge in [0.25, 0.3) is 0 Å². The van der Waals surface area contributed by atoms with Crippen LogP contribution in [0.5, 0.6) is 0 Å². The predicted octanol–water partition coefficient (Wildman–Crippen LogP) is 5.71. The van der Waals surface area contributed by atoms with Gasteiger partial charge in [-0.1, -0.05) is 90.5 Å². The van der Waals surface area contributed by atoms with Crippen molar-refractivity contribution in [3.8, 4) is 5.69 Å². The van der Waals surface area contributed by atoms with Gasteiger partial charge in [-0.3, -0.25) is 0 Å². The van der Waals surface area contributed by atoms with Crippen LogP contribution >= 0.6 is 11.6 Å².